The summed E-state index contributed by atoms with van der Waals surface area (Å²) in [5.74, 6) is 2.05. The lowest BCUT2D eigenvalue weighted by Crippen LogP contribution is -2.26. The Morgan fingerprint density at radius 1 is 1.04 bits per heavy atom. The monoisotopic (exact) mass is 357 g/mol. The number of carbonyl (C=O) groups excluding carboxylic acids is 1. The van der Waals surface area contributed by atoms with E-state index in [1.54, 1.807) is 26.4 Å². The van der Waals surface area contributed by atoms with Gasteiger partial charge in [0.05, 0.1) is 26.9 Å². The van der Waals surface area contributed by atoms with Gasteiger partial charge >= 0.3 is 0 Å². The first-order chi connectivity index (χ1) is 12.6. The zero-order valence-electron chi connectivity index (χ0n) is 15.9. The van der Waals surface area contributed by atoms with E-state index in [-0.39, 0.29) is 11.9 Å². The number of carbonyl (C=O) groups is 1. The fourth-order valence-corrected chi connectivity index (χ4v) is 2.57. The van der Waals surface area contributed by atoms with Crippen LogP contribution in [-0.2, 0) is 0 Å². The zero-order chi connectivity index (χ0) is 18.9. The van der Waals surface area contributed by atoms with Gasteiger partial charge in [-0.3, -0.25) is 4.79 Å². The van der Waals surface area contributed by atoms with Crippen molar-refractivity contribution >= 4 is 5.91 Å². The molecule has 0 saturated carbocycles. The molecule has 1 atom stereocenters. The minimum absolute atomic E-state index is 0.150. The van der Waals surface area contributed by atoms with Gasteiger partial charge in [0.2, 0.25) is 0 Å². The first-order valence-electron chi connectivity index (χ1n) is 8.84. The van der Waals surface area contributed by atoms with Crippen molar-refractivity contribution in [1.29, 1.82) is 0 Å². The van der Waals surface area contributed by atoms with Gasteiger partial charge in [-0.15, -0.1) is 0 Å². The molecular weight excluding hydrogens is 330 g/mol. The van der Waals surface area contributed by atoms with Crippen molar-refractivity contribution in [3.63, 3.8) is 0 Å². The molecule has 0 aromatic heterocycles. The van der Waals surface area contributed by atoms with Crippen molar-refractivity contribution in [3.8, 4) is 17.2 Å². The van der Waals surface area contributed by atoms with E-state index < -0.39 is 0 Å². The Bertz CT molecular complexity index is 712. The van der Waals surface area contributed by atoms with Crippen LogP contribution >= 0.6 is 0 Å². The SMILES string of the molecule is CCCCOc1ccc(C(=O)N[C@@H](C)c2cc(OC)ccc2OC)cc1. The van der Waals surface area contributed by atoms with Gasteiger partial charge in [-0.2, -0.15) is 0 Å². The minimum Gasteiger partial charge on any atom is -0.497 e. The van der Waals surface area contributed by atoms with E-state index in [2.05, 4.69) is 12.2 Å². The standard InChI is InChI=1S/C21H27NO4/c1-5-6-13-26-17-9-7-16(8-10-17)21(23)22-15(2)19-14-18(24-3)11-12-20(19)25-4/h7-12,14-15H,5-6,13H2,1-4H3,(H,22,23)/t15-/m0/s1. The summed E-state index contributed by atoms with van der Waals surface area (Å²) in [5.41, 5.74) is 1.45. The number of rotatable bonds is 9. The van der Waals surface area contributed by atoms with Gasteiger partial charge in [-0.1, -0.05) is 13.3 Å². The number of unbranched alkanes of at least 4 members (excludes halogenated alkanes) is 1. The summed E-state index contributed by atoms with van der Waals surface area (Å²) in [6.07, 6.45) is 2.11. The first-order valence-corrected chi connectivity index (χ1v) is 8.84. The number of hydrogen-bond acceptors (Lipinski definition) is 4. The van der Waals surface area contributed by atoms with E-state index in [0.717, 1.165) is 29.9 Å². The van der Waals surface area contributed by atoms with Crippen LogP contribution in [0.1, 0.15) is 48.7 Å². The molecule has 0 aliphatic rings. The van der Waals surface area contributed by atoms with Crippen LogP contribution in [0.4, 0.5) is 0 Å². The van der Waals surface area contributed by atoms with Crippen LogP contribution in [0.15, 0.2) is 42.5 Å². The van der Waals surface area contributed by atoms with Gasteiger partial charge in [-0.05, 0) is 55.8 Å². The third-order valence-electron chi connectivity index (χ3n) is 4.13. The third-order valence-corrected chi connectivity index (χ3v) is 4.13. The lowest BCUT2D eigenvalue weighted by atomic mass is 10.1. The molecule has 0 saturated heterocycles. The molecule has 0 bridgehead atoms. The highest BCUT2D eigenvalue weighted by molar-refractivity contribution is 5.94. The van der Waals surface area contributed by atoms with Crippen LogP contribution in [0.2, 0.25) is 0 Å². The molecule has 0 spiro atoms. The second kappa shape index (κ2) is 9.70. The lowest BCUT2D eigenvalue weighted by molar-refractivity contribution is 0.0939. The summed E-state index contributed by atoms with van der Waals surface area (Å²) in [6.45, 7) is 4.72. The van der Waals surface area contributed by atoms with E-state index in [4.69, 9.17) is 14.2 Å². The van der Waals surface area contributed by atoms with Crippen LogP contribution in [0, 0.1) is 0 Å². The highest BCUT2D eigenvalue weighted by Gasteiger charge is 2.16. The zero-order valence-corrected chi connectivity index (χ0v) is 15.9. The smallest absolute Gasteiger partial charge is 0.251 e. The van der Waals surface area contributed by atoms with Crippen molar-refractivity contribution in [2.75, 3.05) is 20.8 Å². The van der Waals surface area contributed by atoms with E-state index in [1.165, 1.54) is 0 Å². The molecule has 0 unspecified atom stereocenters. The number of hydrogen-bond donors (Lipinski definition) is 1. The maximum atomic E-state index is 12.5. The minimum atomic E-state index is -0.229. The van der Waals surface area contributed by atoms with Crippen LogP contribution in [0.3, 0.4) is 0 Å². The summed E-state index contributed by atoms with van der Waals surface area (Å²) < 4.78 is 16.3. The number of methoxy groups -OCH3 is 2. The normalized spacial score (nSPS) is 11.5. The average Bonchev–Trinajstić information content (AvgIpc) is 2.68. The summed E-state index contributed by atoms with van der Waals surface area (Å²) >= 11 is 0. The second-order valence-electron chi connectivity index (χ2n) is 6.03. The molecule has 5 heteroatoms. The quantitative estimate of drug-likeness (QED) is 0.677. The van der Waals surface area contributed by atoms with Crippen LogP contribution in [-0.4, -0.2) is 26.7 Å². The van der Waals surface area contributed by atoms with Crippen molar-refractivity contribution < 1.29 is 19.0 Å². The van der Waals surface area contributed by atoms with Gasteiger partial charge in [0.15, 0.2) is 0 Å². The molecule has 0 radical (unpaired) electrons. The molecule has 0 fully saturated rings. The largest absolute Gasteiger partial charge is 0.497 e. The molecule has 2 aromatic rings. The number of ether oxygens (including phenoxy) is 3. The van der Waals surface area contributed by atoms with Gasteiger partial charge in [0, 0.05) is 11.1 Å². The number of benzene rings is 2. The van der Waals surface area contributed by atoms with Gasteiger partial charge in [0.1, 0.15) is 17.2 Å². The maximum Gasteiger partial charge on any atom is 0.251 e. The van der Waals surface area contributed by atoms with E-state index in [1.807, 2.05) is 37.3 Å². The first kappa shape index (κ1) is 19.6. The topological polar surface area (TPSA) is 56.8 Å². The Balaban J connectivity index is 2.04. The lowest BCUT2D eigenvalue weighted by Gasteiger charge is -2.18. The highest BCUT2D eigenvalue weighted by atomic mass is 16.5. The van der Waals surface area contributed by atoms with Gasteiger partial charge in [0.25, 0.3) is 5.91 Å². The average molecular weight is 357 g/mol. The predicted molar refractivity (Wildman–Crippen MR) is 102 cm³/mol. The molecule has 2 rings (SSSR count). The van der Waals surface area contributed by atoms with Gasteiger partial charge < -0.3 is 19.5 Å². The molecule has 0 aliphatic carbocycles. The molecule has 26 heavy (non-hydrogen) atoms. The molecule has 1 N–H and O–H groups in total. The van der Waals surface area contributed by atoms with Crippen molar-refractivity contribution in [3.05, 3.63) is 53.6 Å². The Morgan fingerprint density at radius 2 is 1.73 bits per heavy atom. The fraction of sp³-hybridized carbons (Fsp3) is 0.381. The summed E-state index contributed by atoms with van der Waals surface area (Å²) in [5, 5.41) is 2.99. The Hall–Kier alpha value is -2.69. The van der Waals surface area contributed by atoms with Gasteiger partial charge in [-0.25, -0.2) is 0 Å². The van der Waals surface area contributed by atoms with Crippen LogP contribution < -0.4 is 19.5 Å². The molecule has 5 nitrogen and oxygen atoms in total. The molecule has 2 aromatic carbocycles. The summed E-state index contributed by atoms with van der Waals surface area (Å²) in [6, 6.07) is 12.5. The number of nitrogens with one attached hydrogen (secondary N) is 1. The Morgan fingerprint density at radius 3 is 2.35 bits per heavy atom. The molecule has 0 heterocycles. The van der Waals surface area contributed by atoms with Crippen molar-refractivity contribution in [2.24, 2.45) is 0 Å². The maximum absolute atomic E-state index is 12.5. The second-order valence-corrected chi connectivity index (χ2v) is 6.03. The molecular formula is C21H27NO4. The van der Waals surface area contributed by atoms with Crippen molar-refractivity contribution in [2.45, 2.75) is 32.7 Å². The third kappa shape index (κ3) is 5.15. The van der Waals surface area contributed by atoms with E-state index in [9.17, 15) is 4.79 Å². The Kier molecular flexibility index (Phi) is 7.33. The molecule has 140 valence electrons. The fourth-order valence-electron chi connectivity index (χ4n) is 2.57. The Labute approximate surface area is 155 Å². The van der Waals surface area contributed by atoms with E-state index in [0.29, 0.717) is 17.9 Å². The predicted octanol–water partition coefficient (Wildman–Crippen LogP) is 4.37. The number of amides is 1. The molecule has 1 amide bonds. The van der Waals surface area contributed by atoms with E-state index >= 15 is 0 Å². The summed E-state index contributed by atoms with van der Waals surface area (Å²) in [4.78, 5) is 12.5. The van der Waals surface area contributed by atoms with Crippen LogP contribution in [0.5, 0.6) is 17.2 Å². The molecule has 0 aliphatic heterocycles. The van der Waals surface area contributed by atoms with Crippen molar-refractivity contribution in [1.82, 2.24) is 5.32 Å². The highest BCUT2D eigenvalue weighted by Crippen LogP contribution is 2.29. The van der Waals surface area contributed by atoms with Crippen LogP contribution in [0.25, 0.3) is 0 Å². The summed E-state index contributed by atoms with van der Waals surface area (Å²) in [7, 11) is 3.22.